The molecule has 2 aromatic rings. The van der Waals surface area contributed by atoms with Crippen molar-refractivity contribution in [3.05, 3.63) is 40.4 Å². The van der Waals surface area contributed by atoms with Crippen LogP contribution in [0.25, 0.3) is 0 Å². The van der Waals surface area contributed by atoms with Gasteiger partial charge in [0.2, 0.25) is 11.8 Å². The lowest BCUT2D eigenvalue weighted by molar-refractivity contribution is -0.136. The van der Waals surface area contributed by atoms with Gasteiger partial charge < -0.3 is 10.6 Å². The maximum Gasteiger partial charge on any atom is 0.321 e. The molecule has 35 heavy (non-hydrogen) atoms. The standard InChI is InChI=1S/C22H21N7O5S/c23-10-12-11-26-22(35-12)28-21(34)25-9-2-1-8-24-14-5-3-4-13-17(14)20(33)29(19(13)32)15-6-7-16(30)27-18(15)31/h3-5,11,15,24H,1-2,6-9H2,(H,27,30,31)(H2,25,26,28,34). The number of benzene rings is 1. The number of nitriles is 1. The number of carbonyl (C=O) groups excluding carboxylic acids is 5. The molecule has 1 fully saturated rings. The van der Waals surface area contributed by atoms with Gasteiger partial charge in [0.25, 0.3) is 11.8 Å². The zero-order chi connectivity index (χ0) is 24.9. The number of rotatable bonds is 8. The average molecular weight is 496 g/mol. The van der Waals surface area contributed by atoms with Gasteiger partial charge >= 0.3 is 6.03 Å². The number of urea groups is 1. The second kappa shape index (κ2) is 10.3. The lowest BCUT2D eigenvalue weighted by Crippen LogP contribution is -2.54. The molecule has 0 spiro atoms. The van der Waals surface area contributed by atoms with Crippen molar-refractivity contribution < 1.29 is 24.0 Å². The molecule has 0 saturated carbocycles. The molecule has 1 unspecified atom stereocenters. The van der Waals surface area contributed by atoms with Crippen LogP contribution in [0.15, 0.2) is 24.4 Å². The Kier molecular flexibility index (Phi) is 7.02. The van der Waals surface area contributed by atoms with E-state index in [1.807, 2.05) is 6.07 Å². The largest absolute Gasteiger partial charge is 0.384 e. The molecule has 13 heteroatoms. The fraction of sp³-hybridized carbons (Fsp3) is 0.318. The van der Waals surface area contributed by atoms with Crippen LogP contribution in [0.4, 0.5) is 15.6 Å². The Hall–Kier alpha value is -4.31. The van der Waals surface area contributed by atoms with Crippen LogP contribution in [0.3, 0.4) is 0 Å². The Balaban J connectivity index is 1.27. The van der Waals surface area contributed by atoms with Crippen LogP contribution in [0, 0.1) is 11.3 Å². The van der Waals surface area contributed by atoms with Crippen molar-refractivity contribution >= 4 is 51.8 Å². The summed E-state index contributed by atoms with van der Waals surface area (Å²) in [5, 5.41) is 19.7. The highest BCUT2D eigenvalue weighted by atomic mass is 32.1. The van der Waals surface area contributed by atoms with Crippen molar-refractivity contribution in [2.45, 2.75) is 31.7 Å². The van der Waals surface area contributed by atoms with Gasteiger partial charge in [-0.25, -0.2) is 9.78 Å². The van der Waals surface area contributed by atoms with Gasteiger partial charge in [0.1, 0.15) is 17.0 Å². The molecular formula is C22H21N7O5S. The van der Waals surface area contributed by atoms with Gasteiger partial charge in [0.15, 0.2) is 5.13 Å². The van der Waals surface area contributed by atoms with Crippen molar-refractivity contribution in [3.63, 3.8) is 0 Å². The number of unbranched alkanes of at least 4 members (excludes halogenated alkanes) is 1. The van der Waals surface area contributed by atoms with Crippen LogP contribution in [-0.4, -0.2) is 58.7 Å². The maximum absolute atomic E-state index is 13.1. The molecule has 1 saturated heterocycles. The minimum absolute atomic E-state index is 0.0612. The highest BCUT2D eigenvalue weighted by Crippen LogP contribution is 2.32. The molecular weight excluding hydrogens is 474 g/mol. The zero-order valence-corrected chi connectivity index (χ0v) is 19.2. The fourth-order valence-corrected chi connectivity index (χ4v) is 4.47. The minimum atomic E-state index is -1.01. The molecule has 4 N–H and O–H groups in total. The topological polar surface area (TPSA) is 173 Å². The van der Waals surface area contributed by atoms with Gasteiger partial charge in [-0.15, -0.1) is 0 Å². The zero-order valence-electron chi connectivity index (χ0n) is 18.4. The number of nitrogens with zero attached hydrogens (tertiary/aromatic N) is 3. The molecule has 1 aromatic heterocycles. The number of fused-ring (bicyclic) bond motifs is 1. The Labute approximate surface area is 203 Å². The number of imide groups is 2. The van der Waals surface area contributed by atoms with Crippen LogP contribution in [0.5, 0.6) is 0 Å². The number of amides is 6. The molecule has 0 radical (unpaired) electrons. The van der Waals surface area contributed by atoms with E-state index in [1.165, 1.54) is 12.3 Å². The summed E-state index contributed by atoms with van der Waals surface area (Å²) in [5.74, 6) is -2.20. The Morgan fingerprint density at radius 1 is 1.20 bits per heavy atom. The van der Waals surface area contributed by atoms with Gasteiger partial charge in [-0.05, 0) is 31.4 Å². The van der Waals surface area contributed by atoms with E-state index in [4.69, 9.17) is 5.26 Å². The first-order chi connectivity index (χ1) is 16.9. The second-order valence-electron chi connectivity index (χ2n) is 7.83. The molecule has 0 bridgehead atoms. The van der Waals surface area contributed by atoms with Gasteiger partial charge in [0, 0.05) is 25.2 Å². The van der Waals surface area contributed by atoms with E-state index in [1.54, 1.807) is 12.1 Å². The predicted molar refractivity (Wildman–Crippen MR) is 125 cm³/mol. The normalized spacial score (nSPS) is 17.0. The van der Waals surface area contributed by atoms with Crippen LogP contribution < -0.4 is 21.3 Å². The monoisotopic (exact) mass is 495 g/mol. The molecule has 180 valence electrons. The summed E-state index contributed by atoms with van der Waals surface area (Å²) >= 11 is 1.08. The smallest absolute Gasteiger partial charge is 0.321 e. The summed E-state index contributed by atoms with van der Waals surface area (Å²) in [5.41, 5.74) is 0.906. The van der Waals surface area contributed by atoms with Crippen molar-refractivity contribution in [2.24, 2.45) is 0 Å². The van der Waals surface area contributed by atoms with Crippen molar-refractivity contribution in [1.82, 2.24) is 20.5 Å². The predicted octanol–water partition coefficient (Wildman–Crippen LogP) is 1.43. The van der Waals surface area contributed by atoms with Crippen molar-refractivity contribution in [1.29, 1.82) is 5.26 Å². The SMILES string of the molecule is N#Cc1cnc(NC(=O)NCCCCNc2cccc3c2C(=O)N(C2CCC(=O)NC2=O)C3=O)s1. The molecule has 3 heterocycles. The summed E-state index contributed by atoms with van der Waals surface area (Å²) in [6.45, 7) is 0.884. The molecule has 1 atom stereocenters. The first-order valence-electron chi connectivity index (χ1n) is 10.9. The number of aromatic nitrogens is 1. The van der Waals surface area contributed by atoms with Gasteiger partial charge in [-0.2, -0.15) is 5.26 Å². The van der Waals surface area contributed by atoms with Crippen LogP contribution in [0.1, 0.15) is 51.3 Å². The van der Waals surface area contributed by atoms with Gasteiger partial charge in [0.05, 0.1) is 17.3 Å². The molecule has 4 rings (SSSR count). The third-order valence-corrected chi connectivity index (χ3v) is 6.33. The van der Waals surface area contributed by atoms with Crippen molar-refractivity contribution in [2.75, 3.05) is 23.7 Å². The van der Waals surface area contributed by atoms with Crippen LogP contribution >= 0.6 is 11.3 Å². The number of carbonyl (C=O) groups is 5. The average Bonchev–Trinajstić information content (AvgIpc) is 3.39. The van der Waals surface area contributed by atoms with Gasteiger partial charge in [-0.1, -0.05) is 17.4 Å². The lowest BCUT2D eigenvalue weighted by atomic mass is 10.0. The van der Waals surface area contributed by atoms with E-state index in [-0.39, 0.29) is 24.0 Å². The molecule has 0 aliphatic carbocycles. The molecule has 2 aliphatic heterocycles. The molecule has 6 amide bonds. The van der Waals surface area contributed by atoms with E-state index < -0.39 is 35.7 Å². The summed E-state index contributed by atoms with van der Waals surface area (Å²) < 4.78 is 0. The Morgan fingerprint density at radius 2 is 2.00 bits per heavy atom. The van der Waals surface area contributed by atoms with Crippen LogP contribution in [0.2, 0.25) is 0 Å². The molecule has 2 aliphatic rings. The Bertz CT molecular complexity index is 1250. The van der Waals surface area contributed by atoms with Gasteiger partial charge in [-0.3, -0.25) is 34.7 Å². The quantitative estimate of drug-likeness (QED) is 0.314. The first-order valence-corrected chi connectivity index (χ1v) is 11.7. The van der Waals surface area contributed by atoms with E-state index >= 15 is 0 Å². The van der Waals surface area contributed by atoms with Crippen LogP contribution in [-0.2, 0) is 9.59 Å². The summed E-state index contributed by atoms with van der Waals surface area (Å²) in [6, 6.07) is 5.40. The Morgan fingerprint density at radius 3 is 2.74 bits per heavy atom. The third-order valence-electron chi connectivity index (χ3n) is 5.51. The van der Waals surface area contributed by atoms with E-state index in [0.717, 1.165) is 16.2 Å². The number of hydrogen-bond donors (Lipinski definition) is 4. The lowest BCUT2D eigenvalue weighted by Gasteiger charge is -2.27. The van der Waals surface area contributed by atoms with Crippen molar-refractivity contribution in [3.8, 4) is 6.07 Å². The number of piperidine rings is 1. The van der Waals surface area contributed by atoms with E-state index in [0.29, 0.717) is 41.6 Å². The van der Waals surface area contributed by atoms with E-state index in [2.05, 4.69) is 26.3 Å². The summed E-state index contributed by atoms with van der Waals surface area (Å²) in [6.07, 6.45) is 2.85. The second-order valence-corrected chi connectivity index (χ2v) is 8.86. The molecule has 1 aromatic carbocycles. The highest BCUT2D eigenvalue weighted by Gasteiger charge is 2.45. The molecule has 12 nitrogen and oxygen atoms in total. The fourth-order valence-electron chi connectivity index (χ4n) is 3.86. The summed E-state index contributed by atoms with van der Waals surface area (Å²) in [7, 11) is 0. The number of hydrogen-bond acceptors (Lipinski definition) is 9. The first kappa shape index (κ1) is 23.8. The summed E-state index contributed by atoms with van der Waals surface area (Å²) in [4.78, 5) is 66.7. The maximum atomic E-state index is 13.1. The number of nitrogens with one attached hydrogen (secondary N) is 4. The number of anilines is 2. The third kappa shape index (κ3) is 5.12. The van der Waals surface area contributed by atoms with E-state index in [9.17, 15) is 24.0 Å². The highest BCUT2D eigenvalue weighted by molar-refractivity contribution is 7.16. The minimum Gasteiger partial charge on any atom is -0.384 e. The number of thiazole rings is 1.